The van der Waals surface area contributed by atoms with Crippen molar-refractivity contribution in [3.8, 4) is 0 Å². The lowest BCUT2D eigenvalue weighted by Gasteiger charge is -2.13. The first-order chi connectivity index (χ1) is 7.13. The van der Waals surface area contributed by atoms with E-state index < -0.39 is 0 Å². The minimum absolute atomic E-state index is 0.202. The van der Waals surface area contributed by atoms with Crippen molar-refractivity contribution in [3.05, 3.63) is 17.6 Å². The molecule has 1 atom stereocenters. The third-order valence-electron chi connectivity index (χ3n) is 2.53. The van der Waals surface area contributed by atoms with E-state index in [4.69, 9.17) is 5.73 Å². The first kappa shape index (κ1) is 10.3. The molecule has 2 rings (SSSR count). The van der Waals surface area contributed by atoms with Gasteiger partial charge in [0.2, 0.25) is 0 Å². The zero-order chi connectivity index (χ0) is 10.8. The third kappa shape index (κ3) is 2.64. The fourth-order valence-electron chi connectivity index (χ4n) is 1.88. The quantitative estimate of drug-likeness (QED) is 0.711. The van der Waals surface area contributed by atoms with Crippen molar-refractivity contribution in [1.82, 2.24) is 14.9 Å². The molecule has 15 heavy (non-hydrogen) atoms. The first-order valence-corrected chi connectivity index (χ1v) is 5.14. The SMILES string of the molecule is Cc1cc(N)nc(CN2CCC(O)C2)n1. The molecule has 1 fully saturated rings. The molecule has 1 aliphatic heterocycles. The van der Waals surface area contributed by atoms with E-state index in [9.17, 15) is 5.11 Å². The van der Waals surface area contributed by atoms with Crippen LogP contribution in [0.15, 0.2) is 6.07 Å². The van der Waals surface area contributed by atoms with E-state index in [2.05, 4.69) is 14.9 Å². The van der Waals surface area contributed by atoms with Gasteiger partial charge in [-0.15, -0.1) is 0 Å². The van der Waals surface area contributed by atoms with Crippen LogP contribution in [0.25, 0.3) is 0 Å². The van der Waals surface area contributed by atoms with Gasteiger partial charge in [0.15, 0.2) is 0 Å². The number of hydrogen-bond donors (Lipinski definition) is 2. The second-order valence-electron chi connectivity index (χ2n) is 4.03. The summed E-state index contributed by atoms with van der Waals surface area (Å²) in [5.74, 6) is 1.25. The van der Waals surface area contributed by atoms with Crippen LogP contribution in [0, 0.1) is 6.92 Å². The summed E-state index contributed by atoms with van der Waals surface area (Å²) in [6.07, 6.45) is 0.633. The molecule has 0 bridgehead atoms. The van der Waals surface area contributed by atoms with E-state index in [1.54, 1.807) is 6.07 Å². The van der Waals surface area contributed by atoms with Gasteiger partial charge >= 0.3 is 0 Å². The topological polar surface area (TPSA) is 75.3 Å². The van der Waals surface area contributed by atoms with E-state index >= 15 is 0 Å². The highest BCUT2D eigenvalue weighted by atomic mass is 16.3. The van der Waals surface area contributed by atoms with Gasteiger partial charge in [0.1, 0.15) is 11.6 Å². The Balaban J connectivity index is 2.04. The summed E-state index contributed by atoms with van der Waals surface area (Å²) in [5.41, 5.74) is 6.53. The van der Waals surface area contributed by atoms with Crippen molar-refractivity contribution in [2.45, 2.75) is 26.0 Å². The minimum Gasteiger partial charge on any atom is -0.392 e. The number of aliphatic hydroxyl groups is 1. The monoisotopic (exact) mass is 208 g/mol. The lowest BCUT2D eigenvalue weighted by Crippen LogP contribution is -2.23. The van der Waals surface area contributed by atoms with Crippen LogP contribution in [0.1, 0.15) is 17.9 Å². The van der Waals surface area contributed by atoms with Crippen LogP contribution in [0.2, 0.25) is 0 Å². The van der Waals surface area contributed by atoms with Crippen molar-refractivity contribution in [3.63, 3.8) is 0 Å². The maximum atomic E-state index is 9.38. The molecule has 1 aliphatic rings. The first-order valence-electron chi connectivity index (χ1n) is 5.14. The number of aryl methyl sites for hydroxylation is 1. The molecule has 3 N–H and O–H groups in total. The summed E-state index contributed by atoms with van der Waals surface area (Å²) >= 11 is 0. The Bertz CT molecular complexity index is 335. The predicted octanol–water partition coefficient (Wildman–Crippen LogP) is -0.0662. The summed E-state index contributed by atoms with van der Waals surface area (Å²) in [5, 5.41) is 9.38. The number of rotatable bonds is 2. The molecule has 0 spiro atoms. The van der Waals surface area contributed by atoms with Gasteiger partial charge in [-0.25, -0.2) is 9.97 Å². The van der Waals surface area contributed by atoms with Crippen LogP contribution in [0.4, 0.5) is 5.82 Å². The summed E-state index contributed by atoms with van der Waals surface area (Å²) in [6.45, 7) is 4.18. The lowest BCUT2D eigenvalue weighted by atomic mass is 10.3. The molecule has 0 aliphatic carbocycles. The predicted molar refractivity (Wildman–Crippen MR) is 57.1 cm³/mol. The van der Waals surface area contributed by atoms with Gasteiger partial charge in [0.05, 0.1) is 12.6 Å². The molecule has 2 heterocycles. The van der Waals surface area contributed by atoms with Crippen LogP contribution in [0.3, 0.4) is 0 Å². The van der Waals surface area contributed by atoms with Gasteiger partial charge < -0.3 is 10.8 Å². The van der Waals surface area contributed by atoms with Gasteiger partial charge in [-0.3, -0.25) is 4.90 Å². The van der Waals surface area contributed by atoms with E-state index in [0.29, 0.717) is 18.9 Å². The number of aliphatic hydroxyl groups excluding tert-OH is 1. The summed E-state index contributed by atoms with van der Waals surface area (Å²) in [7, 11) is 0. The van der Waals surface area contributed by atoms with E-state index in [1.807, 2.05) is 6.92 Å². The summed E-state index contributed by atoms with van der Waals surface area (Å²) < 4.78 is 0. The van der Waals surface area contributed by atoms with Crippen LogP contribution >= 0.6 is 0 Å². The van der Waals surface area contributed by atoms with Gasteiger partial charge in [0.25, 0.3) is 0 Å². The highest BCUT2D eigenvalue weighted by Gasteiger charge is 2.20. The Kier molecular flexibility index (Phi) is 2.83. The molecular formula is C10H16N4O. The number of anilines is 1. The maximum absolute atomic E-state index is 9.38. The van der Waals surface area contributed by atoms with Crippen molar-refractivity contribution in [2.75, 3.05) is 18.8 Å². The fourth-order valence-corrected chi connectivity index (χ4v) is 1.88. The molecule has 1 aromatic heterocycles. The van der Waals surface area contributed by atoms with Crippen molar-refractivity contribution in [1.29, 1.82) is 0 Å². The Labute approximate surface area is 88.9 Å². The Hall–Kier alpha value is -1.20. The lowest BCUT2D eigenvalue weighted by molar-refractivity contribution is 0.174. The van der Waals surface area contributed by atoms with Crippen molar-refractivity contribution in [2.24, 2.45) is 0 Å². The molecule has 0 amide bonds. The van der Waals surface area contributed by atoms with Crippen LogP contribution in [0.5, 0.6) is 0 Å². The molecule has 0 saturated carbocycles. The smallest absolute Gasteiger partial charge is 0.144 e. The molecule has 1 saturated heterocycles. The number of aromatic nitrogens is 2. The minimum atomic E-state index is -0.202. The van der Waals surface area contributed by atoms with E-state index in [0.717, 1.165) is 24.5 Å². The highest BCUT2D eigenvalue weighted by molar-refractivity contribution is 5.29. The normalized spacial score (nSPS) is 22.1. The molecule has 1 unspecified atom stereocenters. The van der Waals surface area contributed by atoms with E-state index in [-0.39, 0.29) is 6.10 Å². The van der Waals surface area contributed by atoms with Gasteiger partial charge in [-0.2, -0.15) is 0 Å². The molecule has 1 aromatic rings. The Morgan fingerprint density at radius 1 is 1.60 bits per heavy atom. The van der Waals surface area contributed by atoms with Crippen LogP contribution in [-0.4, -0.2) is 39.2 Å². The zero-order valence-electron chi connectivity index (χ0n) is 8.85. The summed E-state index contributed by atoms with van der Waals surface area (Å²) in [4.78, 5) is 10.6. The van der Waals surface area contributed by atoms with Gasteiger partial charge in [-0.1, -0.05) is 0 Å². The number of nitrogens with two attached hydrogens (primary N) is 1. The number of nitrogens with zero attached hydrogens (tertiary/aromatic N) is 3. The van der Waals surface area contributed by atoms with Gasteiger partial charge in [0, 0.05) is 24.8 Å². The Morgan fingerprint density at radius 3 is 3.00 bits per heavy atom. The molecule has 5 nitrogen and oxygen atoms in total. The largest absolute Gasteiger partial charge is 0.392 e. The summed E-state index contributed by atoms with van der Waals surface area (Å²) in [6, 6.07) is 1.75. The standard InChI is InChI=1S/C10H16N4O/c1-7-4-9(11)13-10(12-7)6-14-3-2-8(15)5-14/h4,8,15H,2-3,5-6H2,1H3,(H2,11,12,13). The number of β-amino-alcohol motifs (C(OH)–C–C–N with tert-alkyl or cyclic N) is 1. The fraction of sp³-hybridized carbons (Fsp3) is 0.600. The average molecular weight is 208 g/mol. The zero-order valence-corrected chi connectivity index (χ0v) is 8.85. The number of nitrogen functional groups attached to an aromatic ring is 1. The average Bonchev–Trinajstić information content (AvgIpc) is 2.49. The van der Waals surface area contributed by atoms with Crippen molar-refractivity contribution < 1.29 is 5.11 Å². The molecule has 5 heteroatoms. The van der Waals surface area contributed by atoms with Crippen LogP contribution < -0.4 is 5.73 Å². The van der Waals surface area contributed by atoms with Gasteiger partial charge in [-0.05, 0) is 13.3 Å². The second kappa shape index (κ2) is 4.12. The number of likely N-dealkylation sites (tertiary alicyclic amines) is 1. The molecule has 0 radical (unpaired) electrons. The maximum Gasteiger partial charge on any atom is 0.144 e. The van der Waals surface area contributed by atoms with Crippen LogP contribution in [-0.2, 0) is 6.54 Å². The Morgan fingerprint density at radius 2 is 2.40 bits per heavy atom. The van der Waals surface area contributed by atoms with E-state index in [1.165, 1.54) is 0 Å². The third-order valence-corrected chi connectivity index (χ3v) is 2.53. The highest BCUT2D eigenvalue weighted by Crippen LogP contribution is 2.12. The second-order valence-corrected chi connectivity index (χ2v) is 4.03. The molecule has 0 aromatic carbocycles. The van der Waals surface area contributed by atoms with Crippen molar-refractivity contribution >= 4 is 5.82 Å². The molecule has 82 valence electrons. The number of hydrogen-bond acceptors (Lipinski definition) is 5. The molecular weight excluding hydrogens is 192 g/mol.